The molecule has 1 aliphatic rings. The number of benzene rings is 2. The molecule has 32 heavy (non-hydrogen) atoms. The number of aromatic nitrogens is 1. The van der Waals surface area contributed by atoms with E-state index in [1.807, 2.05) is 24.3 Å². The van der Waals surface area contributed by atoms with Crippen molar-refractivity contribution in [2.24, 2.45) is 0 Å². The van der Waals surface area contributed by atoms with Crippen molar-refractivity contribution in [1.82, 2.24) is 9.88 Å². The molecule has 0 saturated heterocycles. The summed E-state index contributed by atoms with van der Waals surface area (Å²) in [7, 11) is 1.37. The van der Waals surface area contributed by atoms with Crippen LogP contribution in [-0.2, 0) is 17.7 Å². The Morgan fingerprint density at radius 1 is 1.12 bits per heavy atom. The van der Waals surface area contributed by atoms with Gasteiger partial charge in [-0.3, -0.25) is 4.79 Å². The number of fused-ring (bicyclic) bond motifs is 2. The lowest BCUT2D eigenvalue weighted by Crippen LogP contribution is -2.35. The second-order valence-corrected chi connectivity index (χ2v) is 9.43. The first kappa shape index (κ1) is 20.6. The van der Waals surface area contributed by atoms with Crippen LogP contribution >= 0.6 is 22.7 Å². The molecule has 4 aromatic rings. The number of ether oxygens (including phenoxy) is 1. The van der Waals surface area contributed by atoms with Gasteiger partial charge in [0.2, 0.25) is 0 Å². The Morgan fingerprint density at radius 3 is 2.66 bits per heavy atom. The van der Waals surface area contributed by atoms with Crippen molar-refractivity contribution in [2.75, 3.05) is 19.0 Å². The first-order chi connectivity index (χ1) is 15.5. The molecule has 0 fully saturated rings. The van der Waals surface area contributed by atoms with Crippen LogP contribution in [0.2, 0.25) is 0 Å². The number of methoxy groups -OCH3 is 1. The summed E-state index contributed by atoms with van der Waals surface area (Å²) in [5.74, 6) is -0.720. The maximum absolute atomic E-state index is 13.3. The lowest BCUT2D eigenvalue weighted by Gasteiger charge is -2.25. The fourth-order valence-corrected chi connectivity index (χ4v) is 6.13. The summed E-state index contributed by atoms with van der Waals surface area (Å²) in [6.45, 7) is 0.941. The predicted octanol–water partition coefficient (Wildman–Crippen LogP) is 5.54. The van der Waals surface area contributed by atoms with E-state index in [0.29, 0.717) is 30.1 Å². The van der Waals surface area contributed by atoms with E-state index in [0.717, 1.165) is 31.2 Å². The van der Waals surface area contributed by atoms with E-state index in [1.165, 1.54) is 42.7 Å². The van der Waals surface area contributed by atoms with Crippen molar-refractivity contribution in [1.29, 1.82) is 0 Å². The highest BCUT2D eigenvalue weighted by Crippen LogP contribution is 2.45. The molecule has 162 valence electrons. The van der Waals surface area contributed by atoms with Crippen molar-refractivity contribution >= 4 is 49.9 Å². The van der Waals surface area contributed by atoms with Gasteiger partial charge in [0.25, 0.3) is 5.91 Å². The van der Waals surface area contributed by atoms with Crippen LogP contribution in [0.3, 0.4) is 0 Å². The molecule has 0 atom stereocenters. The van der Waals surface area contributed by atoms with Crippen LogP contribution < -0.4 is 5.32 Å². The van der Waals surface area contributed by atoms with E-state index in [9.17, 15) is 14.0 Å². The SMILES string of the molecule is COC(=O)N1CCc2c(sc(NC(=O)c3ccc(F)cc3)c2-c2nc3ccccc3s2)C1. The number of nitrogens with zero attached hydrogens (tertiary/aromatic N) is 2. The maximum atomic E-state index is 13.3. The average Bonchev–Trinajstić information content (AvgIpc) is 3.38. The fourth-order valence-electron chi connectivity index (χ4n) is 3.76. The molecule has 1 aliphatic heterocycles. The first-order valence-corrected chi connectivity index (χ1v) is 11.6. The molecule has 0 spiro atoms. The van der Waals surface area contributed by atoms with Crippen molar-refractivity contribution in [3.8, 4) is 10.6 Å². The minimum absolute atomic E-state index is 0.323. The number of thiophene rings is 1. The second-order valence-electron chi connectivity index (χ2n) is 7.30. The summed E-state index contributed by atoms with van der Waals surface area (Å²) in [5.41, 5.74) is 3.24. The number of para-hydroxylation sites is 1. The molecule has 0 bridgehead atoms. The molecule has 2 aromatic carbocycles. The molecule has 0 radical (unpaired) electrons. The zero-order valence-corrected chi connectivity index (χ0v) is 18.7. The van der Waals surface area contributed by atoms with Gasteiger partial charge in [-0.05, 0) is 48.4 Å². The van der Waals surface area contributed by atoms with Crippen molar-refractivity contribution in [2.45, 2.75) is 13.0 Å². The molecule has 9 heteroatoms. The monoisotopic (exact) mass is 467 g/mol. The van der Waals surface area contributed by atoms with Gasteiger partial charge in [0, 0.05) is 22.5 Å². The Morgan fingerprint density at radius 2 is 1.91 bits per heavy atom. The third kappa shape index (κ3) is 3.74. The van der Waals surface area contributed by atoms with Crippen LogP contribution in [-0.4, -0.2) is 35.5 Å². The summed E-state index contributed by atoms with van der Waals surface area (Å²) in [5, 5.41) is 4.49. The minimum atomic E-state index is -0.397. The Bertz CT molecular complexity index is 1300. The lowest BCUT2D eigenvalue weighted by molar-refractivity contribution is 0.102. The molecule has 2 aromatic heterocycles. The van der Waals surface area contributed by atoms with Gasteiger partial charge < -0.3 is 15.0 Å². The largest absolute Gasteiger partial charge is 0.453 e. The number of anilines is 1. The molecule has 3 heterocycles. The van der Waals surface area contributed by atoms with Crippen LogP contribution in [0, 0.1) is 5.82 Å². The highest BCUT2D eigenvalue weighted by atomic mass is 32.1. The second kappa shape index (κ2) is 8.33. The quantitative estimate of drug-likeness (QED) is 0.429. The number of halogens is 1. The van der Waals surface area contributed by atoms with Crippen LogP contribution in [0.4, 0.5) is 14.2 Å². The predicted molar refractivity (Wildman–Crippen MR) is 124 cm³/mol. The molecule has 1 N–H and O–H groups in total. The molecule has 0 unspecified atom stereocenters. The van der Waals surface area contributed by atoms with Gasteiger partial charge >= 0.3 is 6.09 Å². The van der Waals surface area contributed by atoms with Gasteiger partial charge in [-0.2, -0.15) is 0 Å². The van der Waals surface area contributed by atoms with Gasteiger partial charge in [-0.25, -0.2) is 14.2 Å². The summed E-state index contributed by atoms with van der Waals surface area (Å²) in [6.07, 6.45) is 0.265. The normalized spacial score (nSPS) is 13.1. The fraction of sp³-hybridized carbons (Fsp3) is 0.174. The zero-order chi connectivity index (χ0) is 22.2. The van der Waals surface area contributed by atoms with Crippen LogP contribution in [0.1, 0.15) is 20.8 Å². The Kier molecular flexibility index (Phi) is 5.36. The number of carbonyl (C=O) groups excluding carboxylic acids is 2. The van der Waals surface area contributed by atoms with Crippen LogP contribution in [0.25, 0.3) is 20.8 Å². The van der Waals surface area contributed by atoms with Crippen molar-refractivity contribution in [3.05, 3.63) is 70.4 Å². The highest BCUT2D eigenvalue weighted by molar-refractivity contribution is 7.23. The summed E-state index contributed by atoms with van der Waals surface area (Å²) in [4.78, 5) is 32.4. The van der Waals surface area contributed by atoms with Crippen molar-refractivity contribution < 1.29 is 18.7 Å². The van der Waals surface area contributed by atoms with Gasteiger partial charge in [0.05, 0.1) is 23.9 Å². The summed E-state index contributed by atoms with van der Waals surface area (Å²) < 4.78 is 19.2. The van der Waals surface area contributed by atoms with Crippen LogP contribution in [0.5, 0.6) is 0 Å². The Balaban J connectivity index is 1.57. The van der Waals surface area contributed by atoms with Crippen molar-refractivity contribution in [3.63, 3.8) is 0 Å². The third-order valence-electron chi connectivity index (χ3n) is 5.33. The Labute approximate surface area is 191 Å². The van der Waals surface area contributed by atoms with Gasteiger partial charge in [-0.1, -0.05) is 12.1 Å². The zero-order valence-electron chi connectivity index (χ0n) is 17.1. The molecule has 5 rings (SSSR count). The summed E-state index contributed by atoms with van der Waals surface area (Å²) >= 11 is 3.00. The number of amides is 2. The number of carbonyl (C=O) groups is 2. The minimum Gasteiger partial charge on any atom is -0.453 e. The number of hydrogen-bond donors (Lipinski definition) is 1. The molecular weight excluding hydrogens is 449 g/mol. The number of rotatable bonds is 3. The standard InChI is InChI=1S/C23H18FN3O3S2/c1-30-23(29)27-11-10-15-18(12-27)32-22(26-20(28)13-6-8-14(24)9-7-13)19(15)21-25-16-4-2-3-5-17(16)31-21/h2-9H,10-12H2,1H3,(H,26,28). The van der Waals surface area contributed by atoms with E-state index >= 15 is 0 Å². The van der Waals surface area contributed by atoms with Gasteiger partial charge in [-0.15, -0.1) is 22.7 Å². The van der Waals surface area contributed by atoms with E-state index in [-0.39, 0.29) is 12.0 Å². The number of hydrogen-bond acceptors (Lipinski definition) is 6. The van der Waals surface area contributed by atoms with E-state index < -0.39 is 5.82 Å². The molecule has 0 aliphatic carbocycles. The van der Waals surface area contributed by atoms with Gasteiger partial charge in [0.15, 0.2) is 0 Å². The van der Waals surface area contributed by atoms with Gasteiger partial charge in [0.1, 0.15) is 15.8 Å². The topological polar surface area (TPSA) is 71.5 Å². The Hall–Kier alpha value is -3.30. The first-order valence-electron chi connectivity index (χ1n) is 9.94. The molecule has 2 amide bonds. The molecule has 0 saturated carbocycles. The maximum Gasteiger partial charge on any atom is 0.409 e. The van der Waals surface area contributed by atoms with E-state index in [1.54, 1.807) is 16.2 Å². The average molecular weight is 468 g/mol. The van der Waals surface area contributed by atoms with E-state index in [2.05, 4.69) is 5.32 Å². The number of thiazole rings is 1. The highest BCUT2D eigenvalue weighted by Gasteiger charge is 2.30. The summed E-state index contributed by atoms with van der Waals surface area (Å²) in [6, 6.07) is 13.3. The lowest BCUT2D eigenvalue weighted by atomic mass is 10.0. The molecule has 6 nitrogen and oxygen atoms in total. The third-order valence-corrected chi connectivity index (χ3v) is 7.52. The number of nitrogens with one attached hydrogen (secondary N) is 1. The smallest absolute Gasteiger partial charge is 0.409 e. The van der Waals surface area contributed by atoms with Crippen LogP contribution in [0.15, 0.2) is 48.5 Å². The molecular formula is C23H18FN3O3S2. The van der Waals surface area contributed by atoms with E-state index in [4.69, 9.17) is 9.72 Å².